The average molecular weight is 1430 g/mol. The predicted octanol–water partition coefficient (Wildman–Crippen LogP) is 8.50. The molecule has 0 saturated heterocycles. The Balaban J connectivity index is 0.0000104. The van der Waals surface area contributed by atoms with Gasteiger partial charge in [-0.1, -0.05) is 180 Å². The van der Waals surface area contributed by atoms with Crippen LogP contribution in [0.2, 0.25) is 0 Å². The number of nitrogens with one attached hydrogen (secondary N) is 2. The first-order valence-electron chi connectivity index (χ1n) is 36.7. The molecule has 0 aliphatic rings. The van der Waals surface area contributed by atoms with E-state index in [0.29, 0.717) is 68.2 Å². The third kappa shape index (κ3) is 31.4. The number of hydrogen-bond acceptors (Lipinski definition) is 9. The Bertz CT molecular complexity index is 2760. The number of hydrogen-bond donors (Lipinski definition) is 5. The number of amides is 5. The van der Waals surface area contributed by atoms with Crippen molar-refractivity contribution in [2.24, 2.45) is 0 Å². The molecule has 0 bridgehead atoms. The van der Waals surface area contributed by atoms with E-state index in [1.54, 1.807) is 0 Å². The summed E-state index contributed by atoms with van der Waals surface area (Å²) in [4.78, 5) is 63.6. The first kappa shape index (κ1) is 85.4. The van der Waals surface area contributed by atoms with Gasteiger partial charge < -0.3 is 40.3 Å². The zero-order valence-corrected chi connectivity index (χ0v) is 62.5. The van der Waals surface area contributed by atoms with Gasteiger partial charge in [-0.3, -0.25) is 39.6 Å². The average Bonchev–Trinajstić information content (AvgIpc) is 0.849. The van der Waals surface area contributed by atoms with Crippen molar-refractivity contribution in [1.29, 1.82) is 0 Å². The quantitative estimate of drug-likeness (QED) is 0.0108. The molecule has 18 heteroatoms. The second-order valence-corrected chi connectivity index (χ2v) is 33.4. The van der Waals surface area contributed by atoms with Crippen LogP contribution in [0.3, 0.4) is 0 Å². The van der Waals surface area contributed by atoms with Crippen LogP contribution in [0.25, 0.3) is 0 Å². The molecule has 6 aromatic rings. The molecule has 5 amide bonds. The number of carbonyl (C=O) groups excluding carboxylic acids is 5. The molecule has 0 heterocycles. The third-order valence-electron chi connectivity index (χ3n) is 18.8. The van der Waals surface area contributed by atoms with Crippen molar-refractivity contribution in [1.82, 2.24) is 30.7 Å². The molecule has 0 radical (unpaired) electrons. The molecule has 542 valence electrons. The fraction of sp³-hybridized carbons (Fsp3) is 0.494. The monoisotopic (exact) mass is 1430 g/mol. The molecule has 6 rings (SSSR count). The zero-order chi connectivity index (χ0) is 68.9. The van der Waals surface area contributed by atoms with Gasteiger partial charge in [0.2, 0.25) is 29.5 Å². The minimum absolute atomic E-state index is 0. The summed E-state index contributed by atoms with van der Waals surface area (Å²) in [6, 6.07) is 67.5. The van der Waals surface area contributed by atoms with Crippen LogP contribution < -0.4 is 67.3 Å². The SMILES string of the molecule is CC(=O)N(O)CCCCCNC(=O)CCC(=O)N(O)CCCCCNC(=O)CCC(=O)N(O)CCCCCN(CCCCCCCCCC[P+](c1ccccc1)(c1ccccc1)c1ccccc1)CCCCCCCCCC[P+](c1ccccc1)(c1ccccc1)c1ccccc1.[Cl-].[Cl-]. The van der Waals surface area contributed by atoms with E-state index < -0.39 is 32.2 Å². The molecule has 5 N–H and O–H groups in total. The van der Waals surface area contributed by atoms with Crippen molar-refractivity contribution in [3.63, 3.8) is 0 Å². The molecule has 0 saturated carbocycles. The molecular weight excluding hydrogens is 1320 g/mol. The summed E-state index contributed by atoms with van der Waals surface area (Å²) >= 11 is 0. The topological polar surface area (TPSA) is 183 Å². The van der Waals surface area contributed by atoms with Crippen LogP contribution in [0.15, 0.2) is 182 Å². The van der Waals surface area contributed by atoms with Gasteiger partial charge in [0.1, 0.15) is 46.4 Å². The summed E-state index contributed by atoms with van der Waals surface area (Å²) in [7, 11) is -3.58. The lowest BCUT2D eigenvalue weighted by Crippen LogP contribution is -3.00. The fourth-order valence-electron chi connectivity index (χ4n) is 13.2. The summed E-state index contributed by atoms with van der Waals surface area (Å²) in [5.74, 6) is -1.99. The van der Waals surface area contributed by atoms with E-state index in [9.17, 15) is 39.6 Å². The highest BCUT2D eigenvalue weighted by Crippen LogP contribution is 2.57. The highest BCUT2D eigenvalue weighted by Gasteiger charge is 2.46. The number of halogens is 2. The highest BCUT2D eigenvalue weighted by molar-refractivity contribution is 7.96. The van der Waals surface area contributed by atoms with Gasteiger partial charge in [0.25, 0.3) is 0 Å². The number of benzene rings is 6. The van der Waals surface area contributed by atoms with E-state index in [0.717, 1.165) is 37.5 Å². The standard InChI is InChI=1S/C81H114N6O8P2.2ClH/c1-71(88)85(93)66-40-20-35-61-82-78(89)57-59-80(91)86(94)67-41-21-36-62-83-79(90)58-60-81(92)87(95)68-42-22-39-65-84(63-37-10-6-2-4-8-12-43-69-96(72-45-23-14-24-46-72,73-47-25-15-26-48-73)74-49-27-16-28-50-74)64-38-11-7-3-5-9-13-44-70-97(75-51-29-17-30-52-75,76-53-31-18-32-54-76)77-55-33-19-34-56-77;;/h14-19,23-34,45-56,93-95H,2-13,20-22,35-44,57-70H2,1H3;2*1H. The summed E-state index contributed by atoms with van der Waals surface area (Å²) in [5.41, 5.74) is 0. The van der Waals surface area contributed by atoms with Gasteiger partial charge in [-0.2, -0.15) is 0 Å². The third-order valence-corrected chi connectivity index (χ3v) is 27.8. The van der Waals surface area contributed by atoms with E-state index in [-0.39, 0.29) is 81.9 Å². The second kappa shape index (κ2) is 51.1. The van der Waals surface area contributed by atoms with E-state index in [1.807, 2.05) is 0 Å². The van der Waals surface area contributed by atoms with Crippen LogP contribution in [-0.4, -0.2) is 130 Å². The molecular formula is C81H116Cl2N6O8P2. The number of hydroxylamine groups is 6. The van der Waals surface area contributed by atoms with E-state index in [4.69, 9.17) is 0 Å². The van der Waals surface area contributed by atoms with Crippen molar-refractivity contribution < 1.29 is 64.4 Å². The molecule has 0 fully saturated rings. The fourth-order valence-corrected chi connectivity index (χ4v) is 22.0. The molecule has 0 spiro atoms. The minimum atomic E-state index is -1.79. The summed E-state index contributed by atoms with van der Waals surface area (Å²) in [5, 5.41) is 46.6. The van der Waals surface area contributed by atoms with Gasteiger partial charge in [0, 0.05) is 65.3 Å². The maximum absolute atomic E-state index is 12.8. The molecule has 99 heavy (non-hydrogen) atoms. The molecule has 0 aromatic heterocycles. The second-order valence-electron chi connectivity index (χ2n) is 26.1. The zero-order valence-electron chi connectivity index (χ0n) is 59.2. The summed E-state index contributed by atoms with van der Waals surface area (Å²) < 4.78 is 0. The Morgan fingerprint density at radius 3 is 0.788 bits per heavy atom. The predicted molar refractivity (Wildman–Crippen MR) is 403 cm³/mol. The van der Waals surface area contributed by atoms with Gasteiger partial charge in [-0.15, -0.1) is 0 Å². The van der Waals surface area contributed by atoms with Crippen LogP contribution in [0.5, 0.6) is 0 Å². The minimum Gasteiger partial charge on any atom is -1.00 e. The molecule has 0 unspecified atom stereocenters. The summed E-state index contributed by atoms with van der Waals surface area (Å²) in [6.07, 6.45) is 28.4. The van der Waals surface area contributed by atoms with Crippen LogP contribution >= 0.6 is 14.5 Å². The Morgan fingerprint density at radius 1 is 0.293 bits per heavy atom. The van der Waals surface area contributed by atoms with Gasteiger partial charge in [0.15, 0.2) is 0 Å². The maximum atomic E-state index is 12.8. The molecule has 0 atom stereocenters. The van der Waals surface area contributed by atoms with Crippen LogP contribution in [0, 0.1) is 0 Å². The lowest BCUT2D eigenvalue weighted by Gasteiger charge is -2.27. The van der Waals surface area contributed by atoms with Gasteiger partial charge in [-0.05, 0) is 182 Å². The Hall–Kier alpha value is -6.05. The van der Waals surface area contributed by atoms with E-state index in [2.05, 4.69) is 198 Å². The highest BCUT2D eigenvalue weighted by atomic mass is 35.5. The van der Waals surface area contributed by atoms with Gasteiger partial charge >= 0.3 is 0 Å². The van der Waals surface area contributed by atoms with Crippen molar-refractivity contribution in [3.05, 3.63) is 182 Å². The molecule has 14 nitrogen and oxygen atoms in total. The Labute approximate surface area is 607 Å². The van der Waals surface area contributed by atoms with Gasteiger partial charge in [0.05, 0.1) is 12.3 Å². The smallest absolute Gasteiger partial charge is 0.246 e. The summed E-state index contributed by atoms with van der Waals surface area (Å²) in [6.45, 7) is 5.86. The van der Waals surface area contributed by atoms with Gasteiger partial charge in [-0.25, -0.2) is 15.2 Å². The maximum Gasteiger partial charge on any atom is 0.246 e. The number of unbranched alkanes of at least 4 members (excludes halogenated alkanes) is 20. The molecule has 0 aliphatic carbocycles. The van der Waals surface area contributed by atoms with E-state index >= 15 is 0 Å². The number of carbonyl (C=O) groups is 5. The van der Waals surface area contributed by atoms with E-state index in [1.165, 1.54) is 154 Å². The normalized spacial score (nSPS) is 11.3. The Morgan fingerprint density at radius 2 is 0.515 bits per heavy atom. The first-order chi connectivity index (χ1) is 47.4. The Kier molecular flexibility index (Phi) is 44.1. The molecule has 6 aromatic carbocycles. The van der Waals surface area contributed by atoms with Crippen molar-refractivity contribution >= 4 is 75.9 Å². The number of nitrogens with zero attached hydrogens (tertiary/aromatic N) is 4. The lowest BCUT2D eigenvalue weighted by molar-refractivity contribution is -0.166. The largest absolute Gasteiger partial charge is 1.00 e. The first-order valence-corrected chi connectivity index (χ1v) is 40.7. The van der Waals surface area contributed by atoms with Crippen molar-refractivity contribution in [3.8, 4) is 0 Å². The number of rotatable bonds is 52. The van der Waals surface area contributed by atoms with Crippen molar-refractivity contribution in [2.75, 3.05) is 64.7 Å². The van der Waals surface area contributed by atoms with Crippen molar-refractivity contribution in [2.45, 2.75) is 193 Å². The lowest BCUT2D eigenvalue weighted by atomic mass is 10.1. The van der Waals surface area contributed by atoms with Crippen LogP contribution in [-0.2, 0) is 24.0 Å². The van der Waals surface area contributed by atoms with Crippen LogP contribution in [0.4, 0.5) is 0 Å². The van der Waals surface area contributed by atoms with Crippen LogP contribution in [0.1, 0.15) is 193 Å². The molecule has 0 aliphatic heterocycles.